The number of hydrazine groups is 1. The van der Waals surface area contributed by atoms with E-state index in [-0.39, 0.29) is 0 Å². The normalized spacial score (nSPS) is 16.1. The summed E-state index contributed by atoms with van der Waals surface area (Å²) in [6, 6.07) is 7.58. The Morgan fingerprint density at radius 3 is 2.87 bits per heavy atom. The highest BCUT2D eigenvalue weighted by molar-refractivity contribution is 7.84. The zero-order valence-corrected chi connectivity index (χ0v) is 9.54. The summed E-state index contributed by atoms with van der Waals surface area (Å²) in [7, 11) is 0. The number of nitrogens with two attached hydrogens (primary N) is 1. The molecule has 0 aliphatic carbocycles. The van der Waals surface area contributed by atoms with Crippen molar-refractivity contribution in [1.29, 1.82) is 0 Å². The van der Waals surface area contributed by atoms with Gasteiger partial charge in [-0.15, -0.1) is 12.6 Å². The molecule has 0 fully saturated rings. The van der Waals surface area contributed by atoms with Crippen molar-refractivity contribution in [3.63, 3.8) is 0 Å². The van der Waals surface area contributed by atoms with Crippen LogP contribution < -0.4 is 5.84 Å². The average Bonchev–Trinajstić information content (AvgIpc) is 2.23. The number of hydrogen-bond donors (Lipinski definition) is 2. The summed E-state index contributed by atoms with van der Waals surface area (Å²) in [6.07, 6.45) is 1.54. The van der Waals surface area contributed by atoms with Crippen LogP contribution in [0.4, 0.5) is 0 Å². The van der Waals surface area contributed by atoms with Crippen LogP contribution in [-0.4, -0.2) is 17.9 Å². The summed E-state index contributed by atoms with van der Waals surface area (Å²) >= 11 is 10.4. The summed E-state index contributed by atoms with van der Waals surface area (Å²) in [5.74, 6) is 5.65. The standard InChI is InChI=1S/C10H10ClN3S/c11-9-4-2-1-3-7(9)8-5-14(12)6-13-10(8)15/h1-4,6,15H,5,12H2. The minimum Gasteiger partial charge on any atom is -0.296 e. The van der Waals surface area contributed by atoms with E-state index in [9.17, 15) is 0 Å². The van der Waals surface area contributed by atoms with Crippen LogP contribution in [0.2, 0.25) is 5.02 Å². The maximum absolute atomic E-state index is 6.09. The molecule has 0 aromatic heterocycles. The molecule has 15 heavy (non-hydrogen) atoms. The van der Waals surface area contributed by atoms with E-state index in [1.54, 1.807) is 6.34 Å². The highest BCUT2D eigenvalue weighted by atomic mass is 35.5. The minimum absolute atomic E-state index is 0.562. The SMILES string of the molecule is NN1C=NC(S)=C(c2ccccc2Cl)C1. The molecule has 0 unspecified atom stereocenters. The number of aliphatic imine (C=N–C) groups is 1. The first-order valence-corrected chi connectivity index (χ1v) is 5.23. The van der Waals surface area contributed by atoms with E-state index in [4.69, 9.17) is 17.4 Å². The number of halogens is 1. The molecule has 1 aromatic carbocycles. The predicted molar refractivity (Wildman–Crippen MR) is 66.7 cm³/mol. The highest BCUT2D eigenvalue weighted by Crippen LogP contribution is 2.29. The molecule has 0 saturated heterocycles. The Balaban J connectivity index is 2.47. The topological polar surface area (TPSA) is 41.6 Å². The van der Waals surface area contributed by atoms with Gasteiger partial charge in [0, 0.05) is 16.2 Å². The molecule has 0 radical (unpaired) electrons. The van der Waals surface area contributed by atoms with Crippen LogP contribution in [0.1, 0.15) is 5.56 Å². The van der Waals surface area contributed by atoms with Gasteiger partial charge in [-0.2, -0.15) is 0 Å². The molecule has 2 rings (SSSR count). The molecular formula is C10H10ClN3S. The molecule has 0 amide bonds. The molecule has 1 heterocycles. The Kier molecular flexibility index (Phi) is 3.00. The van der Waals surface area contributed by atoms with E-state index in [1.807, 2.05) is 24.3 Å². The van der Waals surface area contributed by atoms with Crippen molar-refractivity contribution in [2.24, 2.45) is 10.8 Å². The Bertz CT molecular complexity index is 442. The molecule has 1 aliphatic heterocycles. The van der Waals surface area contributed by atoms with Crippen LogP contribution in [0.3, 0.4) is 0 Å². The number of thiol groups is 1. The third-order valence-electron chi connectivity index (χ3n) is 2.14. The van der Waals surface area contributed by atoms with Crippen molar-refractivity contribution < 1.29 is 0 Å². The molecule has 3 nitrogen and oxygen atoms in total. The molecule has 0 bridgehead atoms. The van der Waals surface area contributed by atoms with Gasteiger partial charge in [0.25, 0.3) is 0 Å². The number of hydrogen-bond acceptors (Lipinski definition) is 4. The van der Waals surface area contributed by atoms with E-state index in [2.05, 4.69) is 17.6 Å². The second-order valence-electron chi connectivity index (χ2n) is 3.20. The molecule has 0 atom stereocenters. The van der Waals surface area contributed by atoms with Crippen LogP contribution in [-0.2, 0) is 0 Å². The van der Waals surface area contributed by atoms with Crippen molar-refractivity contribution in [2.75, 3.05) is 6.54 Å². The van der Waals surface area contributed by atoms with Crippen molar-refractivity contribution in [3.05, 3.63) is 39.9 Å². The highest BCUT2D eigenvalue weighted by Gasteiger charge is 2.14. The van der Waals surface area contributed by atoms with E-state index in [0.717, 1.165) is 11.1 Å². The summed E-state index contributed by atoms with van der Waals surface area (Å²) < 4.78 is 0. The lowest BCUT2D eigenvalue weighted by Crippen LogP contribution is -2.33. The van der Waals surface area contributed by atoms with Crippen LogP contribution in [0.25, 0.3) is 5.57 Å². The fraction of sp³-hybridized carbons (Fsp3) is 0.100. The zero-order valence-electron chi connectivity index (χ0n) is 7.89. The smallest absolute Gasteiger partial charge is 0.106 e. The maximum Gasteiger partial charge on any atom is 0.106 e. The summed E-state index contributed by atoms with van der Waals surface area (Å²) in [4.78, 5) is 4.07. The fourth-order valence-corrected chi connectivity index (χ4v) is 1.91. The quantitative estimate of drug-likeness (QED) is 0.583. The third kappa shape index (κ3) is 2.17. The first-order chi connectivity index (χ1) is 7.18. The van der Waals surface area contributed by atoms with Crippen LogP contribution in [0, 0.1) is 0 Å². The molecular weight excluding hydrogens is 230 g/mol. The first-order valence-electron chi connectivity index (χ1n) is 4.41. The van der Waals surface area contributed by atoms with Gasteiger partial charge < -0.3 is 0 Å². The van der Waals surface area contributed by atoms with Gasteiger partial charge in [0.2, 0.25) is 0 Å². The lowest BCUT2D eigenvalue weighted by atomic mass is 10.1. The Morgan fingerprint density at radius 2 is 2.13 bits per heavy atom. The van der Waals surface area contributed by atoms with Gasteiger partial charge in [0.05, 0.1) is 6.54 Å². The lowest BCUT2D eigenvalue weighted by Gasteiger charge is -2.21. The lowest BCUT2D eigenvalue weighted by molar-refractivity contribution is 0.506. The molecule has 5 heteroatoms. The van der Waals surface area contributed by atoms with Gasteiger partial charge in [-0.3, -0.25) is 5.01 Å². The minimum atomic E-state index is 0.562. The Hall–Kier alpha value is -0.970. The van der Waals surface area contributed by atoms with Gasteiger partial charge in [-0.1, -0.05) is 29.8 Å². The summed E-state index contributed by atoms with van der Waals surface area (Å²) in [5, 5.41) is 2.84. The van der Waals surface area contributed by atoms with Crippen molar-refractivity contribution in [3.8, 4) is 0 Å². The van der Waals surface area contributed by atoms with Crippen LogP contribution in [0.15, 0.2) is 34.3 Å². The van der Waals surface area contributed by atoms with E-state index >= 15 is 0 Å². The predicted octanol–water partition coefficient (Wildman–Crippen LogP) is 2.16. The molecule has 78 valence electrons. The van der Waals surface area contributed by atoms with E-state index < -0.39 is 0 Å². The van der Waals surface area contributed by atoms with Crippen LogP contribution in [0.5, 0.6) is 0 Å². The molecule has 0 saturated carbocycles. The second kappa shape index (κ2) is 4.26. The monoisotopic (exact) mass is 239 g/mol. The Labute approximate surface area is 98.6 Å². The van der Waals surface area contributed by atoms with Crippen molar-refractivity contribution >= 4 is 36.1 Å². The summed E-state index contributed by atoms with van der Waals surface area (Å²) in [6.45, 7) is 0.562. The second-order valence-corrected chi connectivity index (χ2v) is 4.03. The average molecular weight is 240 g/mol. The molecule has 1 aromatic rings. The third-order valence-corrected chi connectivity index (χ3v) is 2.85. The number of benzene rings is 1. The zero-order chi connectivity index (χ0) is 10.8. The van der Waals surface area contributed by atoms with Gasteiger partial charge in [-0.25, -0.2) is 10.8 Å². The molecule has 1 aliphatic rings. The summed E-state index contributed by atoms with van der Waals surface area (Å²) in [5.41, 5.74) is 1.87. The van der Waals surface area contributed by atoms with Gasteiger partial charge >= 0.3 is 0 Å². The number of rotatable bonds is 1. The maximum atomic E-state index is 6.09. The van der Waals surface area contributed by atoms with Gasteiger partial charge in [0.15, 0.2) is 0 Å². The fourth-order valence-electron chi connectivity index (χ4n) is 1.41. The first kappa shape index (κ1) is 10.5. The van der Waals surface area contributed by atoms with Crippen molar-refractivity contribution in [1.82, 2.24) is 5.01 Å². The van der Waals surface area contributed by atoms with Crippen LogP contribution >= 0.6 is 24.2 Å². The van der Waals surface area contributed by atoms with Crippen molar-refractivity contribution in [2.45, 2.75) is 0 Å². The largest absolute Gasteiger partial charge is 0.296 e. The van der Waals surface area contributed by atoms with Gasteiger partial charge in [-0.05, 0) is 6.07 Å². The molecule has 2 N–H and O–H groups in total. The van der Waals surface area contributed by atoms with E-state index in [1.165, 1.54) is 5.01 Å². The number of nitrogens with zero attached hydrogens (tertiary/aromatic N) is 2. The molecule has 0 spiro atoms. The Morgan fingerprint density at radius 1 is 1.40 bits per heavy atom. The van der Waals surface area contributed by atoms with E-state index in [0.29, 0.717) is 16.6 Å². The van der Waals surface area contributed by atoms with Gasteiger partial charge in [0.1, 0.15) is 11.4 Å².